The third-order valence-electron chi connectivity index (χ3n) is 5.24. The van der Waals surface area contributed by atoms with E-state index >= 15 is 0 Å². The van der Waals surface area contributed by atoms with E-state index in [0.29, 0.717) is 5.56 Å². The van der Waals surface area contributed by atoms with Crippen LogP contribution in [0.2, 0.25) is 0 Å². The second kappa shape index (κ2) is 7.37. The maximum absolute atomic E-state index is 12.6. The smallest absolute Gasteiger partial charge is 0.270 e. The molecule has 0 unspecified atom stereocenters. The number of furan rings is 1. The lowest BCUT2D eigenvalue weighted by molar-refractivity contribution is -0.121. The predicted molar refractivity (Wildman–Crippen MR) is 117 cm³/mol. The number of benzene rings is 4. The molecule has 4 aromatic carbocycles. The van der Waals surface area contributed by atoms with Gasteiger partial charge in [0.2, 0.25) is 5.91 Å². The zero-order valence-electron chi connectivity index (χ0n) is 16.0. The second-order valence-corrected chi connectivity index (χ2v) is 7.13. The average molecular weight is 394 g/mol. The Morgan fingerprint density at radius 3 is 2.27 bits per heavy atom. The first-order chi connectivity index (χ1) is 14.7. The third kappa shape index (κ3) is 3.16. The quantitative estimate of drug-likeness (QED) is 0.434. The van der Waals surface area contributed by atoms with E-state index in [-0.39, 0.29) is 18.2 Å². The number of amides is 2. The molecule has 0 fully saturated rings. The summed E-state index contributed by atoms with van der Waals surface area (Å²) in [5, 5.41) is 4.83. The zero-order valence-corrected chi connectivity index (χ0v) is 16.0. The van der Waals surface area contributed by atoms with Crippen LogP contribution in [0.4, 0.5) is 0 Å². The molecule has 0 spiro atoms. The van der Waals surface area contributed by atoms with Crippen molar-refractivity contribution in [2.45, 2.75) is 6.42 Å². The molecule has 5 rings (SSSR count). The van der Waals surface area contributed by atoms with Gasteiger partial charge in [0.15, 0.2) is 0 Å². The fourth-order valence-corrected chi connectivity index (χ4v) is 3.84. The fourth-order valence-electron chi connectivity index (χ4n) is 3.84. The molecule has 1 aromatic heterocycles. The first kappa shape index (κ1) is 17.9. The van der Waals surface area contributed by atoms with E-state index in [2.05, 4.69) is 10.9 Å². The van der Waals surface area contributed by atoms with Crippen LogP contribution in [0.25, 0.3) is 32.5 Å². The number of hydrogen-bond acceptors (Lipinski definition) is 3. The van der Waals surface area contributed by atoms with Gasteiger partial charge in [-0.25, -0.2) is 0 Å². The van der Waals surface area contributed by atoms with Gasteiger partial charge < -0.3 is 4.42 Å². The van der Waals surface area contributed by atoms with Gasteiger partial charge in [0.25, 0.3) is 5.91 Å². The molecule has 5 heteroatoms. The van der Waals surface area contributed by atoms with Gasteiger partial charge >= 0.3 is 0 Å². The van der Waals surface area contributed by atoms with Gasteiger partial charge in [-0.15, -0.1) is 0 Å². The minimum absolute atomic E-state index is 0.0941. The summed E-state index contributed by atoms with van der Waals surface area (Å²) in [6, 6.07) is 25.0. The molecule has 2 amide bonds. The lowest BCUT2D eigenvalue weighted by atomic mass is 10.0. The van der Waals surface area contributed by atoms with E-state index in [4.69, 9.17) is 4.42 Å². The Balaban J connectivity index is 1.34. The van der Waals surface area contributed by atoms with Crippen molar-refractivity contribution in [3.63, 3.8) is 0 Å². The van der Waals surface area contributed by atoms with Gasteiger partial charge in [-0.1, -0.05) is 66.7 Å². The zero-order chi connectivity index (χ0) is 20.5. The molecule has 0 saturated heterocycles. The highest BCUT2D eigenvalue weighted by atomic mass is 16.3. The summed E-state index contributed by atoms with van der Waals surface area (Å²) in [6.45, 7) is 0. The monoisotopic (exact) mass is 394 g/mol. The number of carbonyl (C=O) groups excluding carboxylic acids is 2. The maximum atomic E-state index is 12.6. The molecule has 1 heterocycles. The van der Waals surface area contributed by atoms with E-state index in [1.807, 2.05) is 72.8 Å². The largest absolute Gasteiger partial charge is 0.464 e. The summed E-state index contributed by atoms with van der Waals surface area (Å²) < 4.78 is 5.63. The second-order valence-electron chi connectivity index (χ2n) is 7.13. The Morgan fingerprint density at radius 2 is 1.43 bits per heavy atom. The van der Waals surface area contributed by atoms with Gasteiger partial charge in [-0.3, -0.25) is 20.4 Å². The molecule has 0 atom stereocenters. The first-order valence-corrected chi connectivity index (χ1v) is 9.65. The number of hydrogen-bond donors (Lipinski definition) is 2. The van der Waals surface area contributed by atoms with Crippen LogP contribution >= 0.6 is 0 Å². The van der Waals surface area contributed by atoms with Gasteiger partial charge in [0.05, 0.1) is 12.7 Å². The fraction of sp³-hybridized carbons (Fsp3) is 0.0400. The van der Waals surface area contributed by atoms with Crippen LogP contribution in [0.1, 0.15) is 15.9 Å². The number of carbonyl (C=O) groups is 2. The van der Waals surface area contributed by atoms with Crippen LogP contribution in [0, 0.1) is 0 Å². The molecule has 30 heavy (non-hydrogen) atoms. The summed E-state index contributed by atoms with van der Waals surface area (Å²) in [5.74, 6) is -0.679. The SMILES string of the molecule is O=C(Cc1coc2ccc3ccccc3c12)NNC(=O)c1cccc2ccccc12. The van der Waals surface area contributed by atoms with Crippen LogP contribution in [-0.4, -0.2) is 11.8 Å². The standard InChI is InChI=1S/C25H18N2O3/c28-23(26-27-25(29)21-11-5-8-16-6-1-3-9-19(16)21)14-18-15-30-22-13-12-17-7-2-4-10-20(17)24(18)22/h1-13,15H,14H2,(H,26,28)(H,27,29). The molecule has 0 aliphatic carbocycles. The van der Waals surface area contributed by atoms with E-state index in [9.17, 15) is 9.59 Å². The summed E-state index contributed by atoms with van der Waals surface area (Å²) >= 11 is 0. The van der Waals surface area contributed by atoms with Gasteiger partial charge in [0.1, 0.15) is 5.58 Å². The van der Waals surface area contributed by atoms with Crippen molar-refractivity contribution in [2.24, 2.45) is 0 Å². The van der Waals surface area contributed by atoms with Crippen molar-refractivity contribution in [1.82, 2.24) is 10.9 Å². The van der Waals surface area contributed by atoms with Crippen molar-refractivity contribution in [2.75, 3.05) is 0 Å². The molecule has 146 valence electrons. The van der Waals surface area contributed by atoms with Crippen LogP contribution in [-0.2, 0) is 11.2 Å². The van der Waals surface area contributed by atoms with Crippen LogP contribution in [0.3, 0.4) is 0 Å². The minimum Gasteiger partial charge on any atom is -0.464 e. The summed E-state index contributed by atoms with van der Waals surface area (Å²) in [7, 11) is 0. The molecule has 2 N–H and O–H groups in total. The third-order valence-corrected chi connectivity index (χ3v) is 5.24. The molecule has 0 saturated carbocycles. The maximum Gasteiger partial charge on any atom is 0.270 e. The Kier molecular flexibility index (Phi) is 4.41. The molecule has 0 bridgehead atoms. The molecule has 0 aliphatic rings. The molecule has 5 aromatic rings. The number of hydrazine groups is 1. The van der Waals surface area contributed by atoms with Crippen molar-refractivity contribution in [3.05, 3.63) is 96.3 Å². The van der Waals surface area contributed by atoms with Crippen LogP contribution < -0.4 is 10.9 Å². The summed E-state index contributed by atoms with van der Waals surface area (Å²) in [5.41, 5.74) is 7.05. The van der Waals surface area contributed by atoms with Crippen LogP contribution in [0.5, 0.6) is 0 Å². The summed E-state index contributed by atoms with van der Waals surface area (Å²) in [6.07, 6.45) is 1.69. The molecule has 5 nitrogen and oxygen atoms in total. The Hall–Kier alpha value is -4.12. The van der Waals surface area contributed by atoms with Crippen LogP contribution in [0.15, 0.2) is 89.5 Å². The van der Waals surface area contributed by atoms with Crippen molar-refractivity contribution in [1.29, 1.82) is 0 Å². The number of rotatable bonds is 3. The minimum atomic E-state index is -0.359. The molecule has 0 radical (unpaired) electrons. The Labute approximate surface area is 172 Å². The van der Waals surface area contributed by atoms with Gasteiger partial charge in [-0.2, -0.15) is 0 Å². The van der Waals surface area contributed by atoms with E-state index in [1.54, 1.807) is 12.3 Å². The lowest BCUT2D eigenvalue weighted by Gasteiger charge is -2.09. The topological polar surface area (TPSA) is 71.3 Å². The highest BCUT2D eigenvalue weighted by Crippen LogP contribution is 2.30. The predicted octanol–water partition coefficient (Wildman–Crippen LogP) is 4.74. The van der Waals surface area contributed by atoms with Crippen molar-refractivity contribution < 1.29 is 14.0 Å². The molecule has 0 aliphatic heterocycles. The molecular formula is C25H18N2O3. The average Bonchev–Trinajstić information content (AvgIpc) is 3.20. The van der Waals surface area contributed by atoms with Gasteiger partial charge in [0, 0.05) is 16.5 Å². The van der Waals surface area contributed by atoms with Gasteiger partial charge in [-0.05, 0) is 33.7 Å². The Bertz CT molecular complexity index is 1410. The van der Waals surface area contributed by atoms with Crippen molar-refractivity contribution >= 4 is 44.3 Å². The lowest BCUT2D eigenvalue weighted by Crippen LogP contribution is -2.42. The molecular weight excluding hydrogens is 376 g/mol. The van der Waals surface area contributed by atoms with E-state index in [0.717, 1.165) is 38.1 Å². The normalized spacial score (nSPS) is 11.1. The summed E-state index contributed by atoms with van der Waals surface area (Å²) in [4.78, 5) is 25.1. The number of nitrogens with one attached hydrogen (secondary N) is 2. The van der Waals surface area contributed by atoms with Crippen molar-refractivity contribution in [3.8, 4) is 0 Å². The van der Waals surface area contributed by atoms with E-state index in [1.165, 1.54) is 0 Å². The van der Waals surface area contributed by atoms with E-state index < -0.39 is 0 Å². The highest BCUT2D eigenvalue weighted by molar-refractivity contribution is 6.09. The number of fused-ring (bicyclic) bond motifs is 4. The first-order valence-electron chi connectivity index (χ1n) is 9.65. The Morgan fingerprint density at radius 1 is 0.733 bits per heavy atom. The highest BCUT2D eigenvalue weighted by Gasteiger charge is 2.15.